The van der Waals surface area contributed by atoms with Crippen LogP contribution in [0.3, 0.4) is 0 Å². The van der Waals surface area contributed by atoms with E-state index in [1.165, 1.54) is 0 Å². The number of amides is 1. The van der Waals surface area contributed by atoms with Gasteiger partial charge in [0, 0.05) is 32.3 Å². The quantitative estimate of drug-likeness (QED) is 0.768. The zero-order chi connectivity index (χ0) is 14.7. The highest BCUT2D eigenvalue weighted by Gasteiger charge is 2.07. The Morgan fingerprint density at radius 3 is 3.05 bits per heavy atom. The molecular weight excluding hydrogens is 268 g/mol. The van der Waals surface area contributed by atoms with E-state index in [9.17, 15) is 4.79 Å². The van der Waals surface area contributed by atoms with Crippen molar-refractivity contribution in [3.8, 4) is 0 Å². The highest BCUT2D eigenvalue weighted by molar-refractivity contribution is 5.90. The number of carbonyl (C=O) groups excluding carboxylic acids is 1. The van der Waals surface area contributed by atoms with Gasteiger partial charge in [0.25, 0.3) is 0 Å². The lowest BCUT2D eigenvalue weighted by Crippen LogP contribution is -2.11. The first kappa shape index (κ1) is 13.3. The largest absolute Gasteiger partial charge is 0.323 e. The third-order valence-corrected chi connectivity index (χ3v) is 3.18. The summed E-state index contributed by atoms with van der Waals surface area (Å²) in [4.78, 5) is 11.8. The Kier molecular flexibility index (Phi) is 3.63. The van der Waals surface area contributed by atoms with Crippen molar-refractivity contribution in [1.29, 1.82) is 0 Å². The third kappa shape index (κ3) is 3.07. The van der Waals surface area contributed by atoms with Gasteiger partial charge in [-0.3, -0.25) is 13.9 Å². The predicted molar refractivity (Wildman–Crippen MR) is 77.8 cm³/mol. The number of fused-ring (bicyclic) bond motifs is 1. The Balaban J connectivity index is 1.53. The summed E-state index contributed by atoms with van der Waals surface area (Å²) in [6, 6.07) is 5.77. The smallest absolute Gasteiger partial charge is 0.224 e. The number of hydrogen-bond acceptors (Lipinski definition) is 4. The van der Waals surface area contributed by atoms with Crippen LogP contribution in [0.2, 0.25) is 0 Å². The highest BCUT2D eigenvalue weighted by Crippen LogP contribution is 2.08. The van der Waals surface area contributed by atoms with Crippen molar-refractivity contribution in [3.63, 3.8) is 0 Å². The average Bonchev–Trinajstić information content (AvgIpc) is 3.06. The number of nitrogens with one attached hydrogen (secondary N) is 1. The summed E-state index contributed by atoms with van der Waals surface area (Å²) in [7, 11) is 1.81. The van der Waals surface area contributed by atoms with Crippen LogP contribution in [0.1, 0.15) is 18.7 Å². The minimum absolute atomic E-state index is 0.0168. The predicted octanol–water partition coefficient (Wildman–Crippen LogP) is 1.42. The average molecular weight is 284 g/mol. The van der Waals surface area contributed by atoms with Crippen molar-refractivity contribution in [2.45, 2.75) is 19.3 Å². The number of anilines is 1. The molecule has 0 bridgehead atoms. The molecule has 3 aromatic heterocycles. The van der Waals surface area contributed by atoms with Crippen molar-refractivity contribution in [1.82, 2.24) is 24.4 Å². The van der Waals surface area contributed by atoms with Crippen LogP contribution in [-0.2, 0) is 18.3 Å². The van der Waals surface area contributed by atoms with Crippen LogP contribution in [0.5, 0.6) is 0 Å². The zero-order valence-electron chi connectivity index (χ0n) is 11.7. The maximum atomic E-state index is 11.8. The van der Waals surface area contributed by atoms with Gasteiger partial charge in [0.15, 0.2) is 5.65 Å². The molecule has 1 N–H and O–H groups in total. The van der Waals surface area contributed by atoms with Crippen LogP contribution >= 0.6 is 0 Å². The molecule has 0 aliphatic carbocycles. The molecule has 7 nitrogen and oxygen atoms in total. The Hall–Kier alpha value is -2.70. The SMILES string of the molecule is Cn1cc(NC(=O)CCCc2nnc3ccccn23)cn1. The van der Waals surface area contributed by atoms with Gasteiger partial charge in [0.1, 0.15) is 5.82 Å². The summed E-state index contributed by atoms with van der Waals surface area (Å²) in [5.74, 6) is 0.858. The molecule has 1 amide bonds. The van der Waals surface area contributed by atoms with Crippen LogP contribution in [0, 0.1) is 0 Å². The summed E-state index contributed by atoms with van der Waals surface area (Å²) in [5.41, 5.74) is 1.54. The maximum Gasteiger partial charge on any atom is 0.224 e. The van der Waals surface area contributed by atoms with Crippen molar-refractivity contribution < 1.29 is 4.79 Å². The van der Waals surface area contributed by atoms with Gasteiger partial charge in [-0.25, -0.2) is 0 Å². The van der Waals surface area contributed by atoms with Gasteiger partial charge in [0.2, 0.25) is 5.91 Å². The number of aryl methyl sites for hydroxylation is 2. The summed E-state index contributed by atoms with van der Waals surface area (Å²) >= 11 is 0. The fourth-order valence-electron chi connectivity index (χ4n) is 2.18. The lowest BCUT2D eigenvalue weighted by atomic mass is 10.2. The van der Waals surface area contributed by atoms with E-state index >= 15 is 0 Å². The highest BCUT2D eigenvalue weighted by atomic mass is 16.1. The molecule has 0 unspecified atom stereocenters. The van der Waals surface area contributed by atoms with E-state index in [0.717, 1.165) is 23.6 Å². The van der Waals surface area contributed by atoms with E-state index in [0.29, 0.717) is 12.8 Å². The second kappa shape index (κ2) is 5.74. The number of hydrogen-bond donors (Lipinski definition) is 1. The number of aromatic nitrogens is 5. The van der Waals surface area contributed by atoms with Gasteiger partial charge in [-0.2, -0.15) is 5.10 Å². The molecule has 0 radical (unpaired) electrons. The van der Waals surface area contributed by atoms with Gasteiger partial charge >= 0.3 is 0 Å². The van der Waals surface area contributed by atoms with Gasteiger partial charge in [-0.15, -0.1) is 10.2 Å². The molecule has 0 aromatic carbocycles. The lowest BCUT2D eigenvalue weighted by Gasteiger charge is -2.02. The molecule has 0 saturated heterocycles. The molecule has 0 saturated carbocycles. The minimum atomic E-state index is -0.0168. The first-order chi connectivity index (χ1) is 10.2. The van der Waals surface area contributed by atoms with E-state index in [2.05, 4.69) is 20.6 Å². The molecule has 0 spiro atoms. The molecule has 7 heteroatoms. The van der Waals surface area contributed by atoms with Crippen LogP contribution in [-0.4, -0.2) is 30.3 Å². The number of carbonyl (C=O) groups is 1. The van der Waals surface area contributed by atoms with Crippen LogP contribution in [0.4, 0.5) is 5.69 Å². The monoisotopic (exact) mass is 284 g/mol. The maximum absolute atomic E-state index is 11.8. The molecule has 3 heterocycles. The standard InChI is InChI=1S/C14H16N6O/c1-19-10-11(9-15-19)16-14(21)7-4-6-13-18-17-12-5-2-3-8-20(12)13/h2-3,5,8-10H,4,6-7H2,1H3,(H,16,21). The second-order valence-electron chi connectivity index (χ2n) is 4.85. The number of nitrogens with zero attached hydrogens (tertiary/aromatic N) is 5. The Morgan fingerprint density at radius 1 is 1.33 bits per heavy atom. The van der Waals surface area contributed by atoms with Crippen molar-refractivity contribution in [2.24, 2.45) is 7.05 Å². The van der Waals surface area contributed by atoms with Gasteiger partial charge in [-0.05, 0) is 18.6 Å². The zero-order valence-corrected chi connectivity index (χ0v) is 11.7. The molecule has 3 rings (SSSR count). The number of rotatable bonds is 5. The van der Waals surface area contributed by atoms with E-state index < -0.39 is 0 Å². The summed E-state index contributed by atoms with van der Waals surface area (Å²) in [6.07, 6.45) is 7.21. The van der Waals surface area contributed by atoms with Gasteiger partial charge in [0.05, 0.1) is 11.9 Å². The topological polar surface area (TPSA) is 77.1 Å². The van der Waals surface area contributed by atoms with E-state index in [-0.39, 0.29) is 5.91 Å². The summed E-state index contributed by atoms with van der Waals surface area (Å²) in [6.45, 7) is 0. The molecule has 0 fully saturated rings. The third-order valence-electron chi connectivity index (χ3n) is 3.18. The fraction of sp³-hybridized carbons (Fsp3) is 0.286. The fourth-order valence-corrected chi connectivity index (χ4v) is 2.18. The Bertz CT molecular complexity index is 760. The minimum Gasteiger partial charge on any atom is -0.323 e. The number of pyridine rings is 1. The summed E-state index contributed by atoms with van der Waals surface area (Å²) < 4.78 is 3.59. The van der Waals surface area contributed by atoms with Crippen LogP contribution in [0.15, 0.2) is 36.8 Å². The van der Waals surface area contributed by atoms with E-state index in [1.54, 1.807) is 17.1 Å². The molecular formula is C14H16N6O. The van der Waals surface area contributed by atoms with Crippen molar-refractivity contribution in [3.05, 3.63) is 42.6 Å². The Labute approximate surface area is 121 Å². The van der Waals surface area contributed by atoms with Gasteiger partial charge in [-0.1, -0.05) is 6.07 Å². The van der Waals surface area contributed by atoms with E-state index in [4.69, 9.17) is 0 Å². The first-order valence-electron chi connectivity index (χ1n) is 6.79. The Morgan fingerprint density at radius 2 is 2.24 bits per heavy atom. The van der Waals surface area contributed by atoms with Gasteiger partial charge < -0.3 is 5.32 Å². The molecule has 0 aliphatic heterocycles. The van der Waals surface area contributed by atoms with Crippen molar-refractivity contribution >= 4 is 17.2 Å². The molecule has 0 aliphatic rings. The molecule has 21 heavy (non-hydrogen) atoms. The molecule has 108 valence electrons. The second-order valence-corrected chi connectivity index (χ2v) is 4.85. The first-order valence-corrected chi connectivity index (χ1v) is 6.79. The van der Waals surface area contributed by atoms with Crippen LogP contribution in [0.25, 0.3) is 5.65 Å². The summed E-state index contributed by atoms with van der Waals surface area (Å²) in [5, 5.41) is 15.1. The molecule has 3 aromatic rings. The van der Waals surface area contributed by atoms with E-state index in [1.807, 2.05) is 35.8 Å². The van der Waals surface area contributed by atoms with Crippen molar-refractivity contribution in [2.75, 3.05) is 5.32 Å². The normalized spacial score (nSPS) is 10.9. The van der Waals surface area contributed by atoms with Crippen LogP contribution < -0.4 is 5.32 Å². The lowest BCUT2D eigenvalue weighted by molar-refractivity contribution is -0.116. The molecule has 0 atom stereocenters.